The Bertz CT molecular complexity index is 817. The Morgan fingerprint density at radius 3 is 2.57 bits per heavy atom. The van der Waals surface area contributed by atoms with Crippen LogP contribution >= 0.6 is 0 Å². The van der Waals surface area contributed by atoms with E-state index in [1.54, 1.807) is 0 Å². The zero-order chi connectivity index (χ0) is 25.2. The van der Waals surface area contributed by atoms with Crippen LogP contribution in [-0.4, -0.2) is 43.0 Å². The third-order valence-electron chi connectivity index (χ3n) is 7.70. The van der Waals surface area contributed by atoms with Crippen LogP contribution in [0, 0.1) is 17.8 Å². The summed E-state index contributed by atoms with van der Waals surface area (Å²) in [6, 6.07) is 6.03. The van der Waals surface area contributed by atoms with Crippen LogP contribution in [0.25, 0.3) is 0 Å². The number of hydrogen-bond donors (Lipinski definition) is 1. The van der Waals surface area contributed by atoms with Gasteiger partial charge in [-0.2, -0.15) is 0 Å². The number of carbonyl (C=O) groups excluding carboxylic acids is 2. The second-order valence-electron chi connectivity index (χ2n) is 10.3. The van der Waals surface area contributed by atoms with Crippen molar-refractivity contribution in [3.05, 3.63) is 29.3 Å². The number of ether oxygens (including phenoxy) is 3. The Balaban J connectivity index is 1.69. The molecule has 2 fully saturated rings. The molecule has 0 radical (unpaired) electrons. The van der Waals surface area contributed by atoms with Crippen molar-refractivity contribution in [1.82, 2.24) is 0 Å². The van der Waals surface area contributed by atoms with Gasteiger partial charge in [0, 0.05) is 0 Å². The van der Waals surface area contributed by atoms with E-state index in [2.05, 4.69) is 19.9 Å². The van der Waals surface area contributed by atoms with E-state index >= 15 is 0 Å². The van der Waals surface area contributed by atoms with Gasteiger partial charge in [0.05, 0.1) is 19.1 Å². The fourth-order valence-corrected chi connectivity index (χ4v) is 5.47. The first-order chi connectivity index (χ1) is 17.0. The molecule has 1 aromatic carbocycles. The third kappa shape index (κ3) is 8.23. The number of benzene rings is 1. The standard InChI is InChI=1S/C29H44O6/c1-4-6-7-10-23(30)15-16-25-22(14-17-27(25)35-29(32)20-12-13-20)18-21-9-8-11-26(24(21)5-2)34-19-28(31)33-3/h8-9,11,20,22-23,25,27,30H,4-7,10,12-19H2,1-3H3/t22-,23+,25-,27-/m1/s1. The van der Waals surface area contributed by atoms with Crippen molar-refractivity contribution < 1.29 is 28.9 Å². The van der Waals surface area contributed by atoms with Gasteiger partial charge in [-0.05, 0) is 86.8 Å². The molecule has 6 nitrogen and oxygen atoms in total. The molecular weight excluding hydrogens is 444 g/mol. The second-order valence-corrected chi connectivity index (χ2v) is 10.3. The molecule has 0 aromatic heterocycles. The van der Waals surface area contributed by atoms with Crippen LogP contribution in [0.15, 0.2) is 18.2 Å². The molecule has 35 heavy (non-hydrogen) atoms. The van der Waals surface area contributed by atoms with Crippen molar-refractivity contribution in [2.45, 2.75) is 103 Å². The number of rotatable bonds is 15. The molecule has 196 valence electrons. The minimum atomic E-state index is -0.397. The van der Waals surface area contributed by atoms with Crippen LogP contribution in [0.1, 0.15) is 89.2 Å². The predicted molar refractivity (Wildman–Crippen MR) is 135 cm³/mol. The van der Waals surface area contributed by atoms with Gasteiger partial charge in [0.2, 0.25) is 0 Å². The maximum Gasteiger partial charge on any atom is 0.343 e. The summed E-state index contributed by atoms with van der Waals surface area (Å²) in [5.74, 6) is 1.04. The van der Waals surface area contributed by atoms with Gasteiger partial charge in [0.1, 0.15) is 11.9 Å². The summed E-state index contributed by atoms with van der Waals surface area (Å²) < 4.78 is 16.5. The molecule has 6 heteroatoms. The van der Waals surface area contributed by atoms with Gasteiger partial charge in [0.15, 0.2) is 6.61 Å². The van der Waals surface area contributed by atoms with Gasteiger partial charge in [-0.15, -0.1) is 0 Å². The lowest BCUT2D eigenvalue weighted by atomic mass is 9.83. The van der Waals surface area contributed by atoms with Gasteiger partial charge in [-0.1, -0.05) is 45.2 Å². The van der Waals surface area contributed by atoms with Crippen molar-refractivity contribution >= 4 is 11.9 Å². The Morgan fingerprint density at radius 1 is 1.09 bits per heavy atom. The highest BCUT2D eigenvalue weighted by Gasteiger charge is 2.41. The molecule has 4 atom stereocenters. The van der Waals surface area contributed by atoms with E-state index < -0.39 is 5.97 Å². The van der Waals surface area contributed by atoms with Crippen molar-refractivity contribution in [1.29, 1.82) is 0 Å². The van der Waals surface area contributed by atoms with Crippen LogP contribution in [-0.2, 0) is 31.9 Å². The van der Waals surface area contributed by atoms with E-state index in [-0.39, 0.29) is 36.6 Å². The molecule has 0 bridgehead atoms. The zero-order valence-corrected chi connectivity index (χ0v) is 21.8. The number of esters is 2. The van der Waals surface area contributed by atoms with E-state index in [1.807, 2.05) is 12.1 Å². The van der Waals surface area contributed by atoms with Gasteiger partial charge >= 0.3 is 11.9 Å². The van der Waals surface area contributed by atoms with Crippen LogP contribution in [0.4, 0.5) is 0 Å². The first-order valence-corrected chi connectivity index (χ1v) is 13.7. The first-order valence-electron chi connectivity index (χ1n) is 13.7. The maximum atomic E-state index is 12.5. The number of hydrogen-bond acceptors (Lipinski definition) is 6. The summed E-state index contributed by atoms with van der Waals surface area (Å²) in [5, 5.41) is 10.6. The lowest BCUT2D eigenvalue weighted by Gasteiger charge is -2.27. The van der Waals surface area contributed by atoms with E-state index in [0.29, 0.717) is 5.92 Å². The highest BCUT2D eigenvalue weighted by Crippen LogP contribution is 2.42. The molecule has 2 saturated carbocycles. The molecule has 2 aliphatic rings. The summed E-state index contributed by atoms with van der Waals surface area (Å²) in [7, 11) is 1.36. The van der Waals surface area contributed by atoms with Gasteiger partial charge < -0.3 is 19.3 Å². The Morgan fingerprint density at radius 2 is 1.89 bits per heavy atom. The van der Waals surface area contributed by atoms with Gasteiger partial charge in [-0.25, -0.2) is 4.79 Å². The molecule has 2 aliphatic carbocycles. The van der Waals surface area contributed by atoms with Gasteiger partial charge in [-0.3, -0.25) is 4.79 Å². The number of aliphatic hydroxyl groups is 1. The quantitative estimate of drug-likeness (QED) is 0.262. The molecular formula is C29H44O6. The highest BCUT2D eigenvalue weighted by molar-refractivity contribution is 5.75. The van der Waals surface area contributed by atoms with E-state index in [4.69, 9.17) is 14.2 Å². The topological polar surface area (TPSA) is 82.1 Å². The zero-order valence-electron chi connectivity index (χ0n) is 21.8. The third-order valence-corrected chi connectivity index (χ3v) is 7.70. The predicted octanol–water partition coefficient (Wildman–Crippen LogP) is 5.41. The van der Waals surface area contributed by atoms with Crippen molar-refractivity contribution in [2.24, 2.45) is 17.8 Å². The summed E-state index contributed by atoms with van der Waals surface area (Å²) in [6.07, 6.45) is 11.0. The summed E-state index contributed by atoms with van der Waals surface area (Å²) >= 11 is 0. The van der Waals surface area contributed by atoms with Crippen molar-refractivity contribution in [2.75, 3.05) is 13.7 Å². The molecule has 1 N–H and O–H groups in total. The minimum absolute atomic E-state index is 0.0309. The average Bonchev–Trinajstić information content (AvgIpc) is 3.65. The fraction of sp³-hybridized carbons (Fsp3) is 0.724. The Labute approximate surface area is 210 Å². The van der Waals surface area contributed by atoms with Crippen LogP contribution in [0.5, 0.6) is 5.75 Å². The number of carbonyl (C=O) groups is 2. The highest BCUT2D eigenvalue weighted by atomic mass is 16.6. The molecule has 0 aliphatic heterocycles. The summed E-state index contributed by atoms with van der Waals surface area (Å²) in [6.45, 7) is 4.17. The molecule has 0 heterocycles. The SMILES string of the molecule is CCCCC[C@H](O)CC[C@@H]1[C@@H](Cc2cccc(OCC(=O)OC)c2CC)CC[C@H]1OC(=O)C1CC1. The lowest BCUT2D eigenvalue weighted by Crippen LogP contribution is -2.28. The van der Waals surface area contributed by atoms with E-state index in [0.717, 1.165) is 88.4 Å². The van der Waals surface area contributed by atoms with Crippen molar-refractivity contribution in [3.8, 4) is 5.75 Å². The Kier molecular flexibility index (Phi) is 10.9. The monoisotopic (exact) mass is 488 g/mol. The van der Waals surface area contributed by atoms with Crippen molar-refractivity contribution in [3.63, 3.8) is 0 Å². The molecule has 0 amide bonds. The molecule has 0 unspecified atom stereocenters. The normalized spacial score (nSPS) is 22.6. The number of aliphatic hydroxyl groups excluding tert-OH is 1. The molecule has 0 saturated heterocycles. The molecule has 3 rings (SSSR count). The minimum Gasteiger partial charge on any atom is -0.482 e. The van der Waals surface area contributed by atoms with Crippen LogP contribution < -0.4 is 4.74 Å². The maximum absolute atomic E-state index is 12.5. The van der Waals surface area contributed by atoms with Crippen LogP contribution in [0.3, 0.4) is 0 Å². The fourth-order valence-electron chi connectivity index (χ4n) is 5.47. The summed E-state index contributed by atoms with van der Waals surface area (Å²) in [5.41, 5.74) is 2.34. The lowest BCUT2D eigenvalue weighted by molar-refractivity contribution is -0.153. The van der Waals surface area contributed by atoms with E-state index in [9.17, 15) is 14.7 Å². The molecule has 0 spiro atoms. The molecule has 1 aromatic rings. The number of unbranched alkanes of at least 4 members (excludes halogenated alkanes) is 2. The largest absolute Gasteiger partial charge is 0.482 e. The second kappa shape index (κ2) is 13.9. The smallest absolute Gasteiger partial charge is 0.343 e. The van der Waals surface area contributed by atoms with Gasteiger partial charge in [0.25, 0.3) is 0 Å². The number of methoxy groups -OCH3 is 1. The average molecular weight is 489 g/mol. The van der Waals surface area contributed by atoms with E-state index in [1.165, 1.54) is 12.7 Å². The summed E-state index contributed by atoms with van der Waals surface area (Å²) in [4.78, 5) is 24.0. The first kappa shape index (κ1) is 27.5. The van der Waals surface area contributed by atoms with Crippen LogP contribution in [0.2, 0.25) is 0 Å². The Hall–Kier alpha value is -2.08.